The van der Waals surface area contributed by atoms with Crippen LogP contribution in [-0.4, -0.2) is 87.4 Å². The number of hydrogen-bond donors (Lipinski definition) is 4. The van der Waals surface area contributed by atoms with Crippen LogP contribution in [0.15, 0.2) is 114 Å². The number of nitrogens with zero attached hydrogens (tertiary/aromatic N) is 6. The summed E-state index contributed by atoms with van der Waals surface area (Å²) < 4.78 is 5.96. The topological polar surface area (TPSA) is 167 Å². The van der Waals surface area contributed by atoms with Crippen molar-refractivity contribution in [2.24, 2.45) is 0 Å². The maximum atomic E-state index is 12.9. The van der Waals surface area contributed by atoms with Gasteiger partial charge in [0.25, 0.3) is 11.8 Å². The first-order valence-electron chi connectivity index (χ1n) is 20.5. The van der Waals surface area contributed by atoms with Crippen LogP contribution in [-0.2, 0) is 11.3 Å². The van der Waals surface area contributed by atoms with Gasteiger partial charge in [-0.25, -0.2) is 14.8 Å². The zero-order chi connectivity index (χ0) is 45.0. The molecule has 64 heavy (non-hydrogen) atoms. The first-order chi connectivity index (χ1) is 31.0. The molecule has 0 spiro atoms. The molecule has 0 bridgehead atoms. The number of benzene rings is 4. The fourth-order valence-electron chi connectivity index (χ4n) is 6.47. The highest BCUT2D eigenvalue weighted by Crippen LogP contribution is 2.30. The standard InChI is InChI=1S/C27H29N7OS.C20H18IN3O3S/c1-19-3-8-22(15-23(19)31-27-32-25(18-36-27)24-16-28-9-10-29-24)30-26(35)21-6-4-20(5-7-21)17-34-13-11-33(2)12-14-34;1-3-27-19(26)17-11-28-20(24-17)23-16-10-15(8-7-12(16)2)22-18(25)13-5-4-6-14(21)9-13/h3-10,15-16,18H,11-14,17H2,1-2H3,(H,30,35)(H,31,32);4-11H,3H2,1-2H3,(H,22,25)(H,23,24). The van der Waals surface area contributed by atoms with E-state index >= 15 is 0 Å². The van der Waals surface area contributed by atoms with Gasteiger partial charge in [0, 0.05) is 93.3 Å². The zero-order valence-electron chi connectivity index (χ0n) is 35.7. The quantitative estimate of drug-likeness (QED) is 0.0639. The van der Waals surface area contributed by atoms with Crippen LogP contribution in [0.4, 0.5) is 33.0 Å². The maximum absolute atomic E-state index is 12.9. The minimum Gasteiger partial charge on any atom is -0.461 e. The Morgan fingerprint density at radius 2 is 1.38 bits per heavy atom. The monoisotopic (exact) mass is 1010 g/mol. The lowest BCUT2D eigenvalue weighted by Gasteiger charge is -2.32. The molecule has 1 saturated heterocycles. The van der Waals surface area contributed by atoms with E-state index in [0.29, 0.717) is 28.6 Å². The van der Waals surface area contributed by atoms with E-state index in [2.05, 4.69) is 80.6 Å². The fraction of sp³-hybridized carbons (Fsp3) is 0.213. The van der Waals surface area contributed by atoms with E-state index in [1.54, 1.807) is 37.0 Å². The maximum Gasteiger partial charge on any atom is 0.357 e. The summed E-state index contributed by atoms with van der Waals surface area (Å²) >= 11 is 4.98. The summed E-state index contributed by atoms with van der Waals surface area (Å²) in [5, 5.41) is 17.4. The van der Waals surface area contributed by atoms with Crippen LogP contribution in [0.2, 0.25) is 0 Å². The van der Waals surface area contributed by atoms with Gasteiger partial charge < -0.3 is 30.9 Å². The Balaban J connectivity index is 0.000000198. The highest BCUT2D eigenvalue weighted by atomic mass is 127. The highest BCUT2D eigenvalue weighted by molar-refractivity contribution is 14.1. The van der Waals surface area contributed by atoms with Gasteiger partial charge in [-0.15, -0.1) is 22.7 Å². The molecule has 8 rings (SSSR count). The summed E-state index contributed by atoms with van der Waals surface area (Å²) in [7, 11) is 2.16. The predicted octanol–water partition coefficient (Wildman–Crippen LogP) is 9.88. The number of esters is 1. The Hall–Kier alpha value is -6.12. The van der Waals surface area contributed by atoms with Crippen LogP contribution < -0.4 is 21.3 Å². The van der Waals surface area contributed by atoms with Gasteiger partial charge in [0.15, 0.2) is 16.0 Å². The van der Waals surface area contributed by atoms with Crippen molar-refractivity contribution in [1.82, 2.24) is 29.7 Å². The van der Waals surface area contributed by atoms with Crippen molar-refractivity contribution in [3.63, 3.8) is 0 Å². The van der Waals surface area contributed by atoms with Gasteiger partial charge in [0.05, 0.1) is 12.8 Å². The number of hydrogen-bond acceptors (Lipinski definition) is 14. The van der Waals surface area contributed by atoms with Crippen molar-refractivity contribution < 1.29 is 19.1 Å². The average Bonchev–Trinajstić information content (AvgIpc) is 3.98. The lowest BCUT2D eigenvalue weighted by molar-refractivity contribution is 0.0520. The van der Waals surface area contributed by atoms with E-state index in [0.717, 1.165) is 81.0 Å². The first kappa shape index (κ1) is 45.9. The van der Waals surface area contributed by atoms with E-state index in [1.165, 1.54) is 28.2 Å². The Kier molecular flexibility index (Phi) is 15.8. The molecule has 17 heteroatoms. The number of carbonyl (C=O) groups is 3. The first-order valence-corrected chi connectivity index (χ1v) is 23.3. The molecular weight excluding hydrogens is 960 g/mol. The third-order valence-corrected chi connectivity index (χ3v) is 12.3. The summed E-state index contributed by atoms with van der Waals surface area (Å²) in [6.07, 6.45) is 4.99. The van der Waals surface area contributed by atoms with Crippen LogP contribution in [0.1, 0.15) is 54.8 Å². The van der Waals surface area contributed by atoms with Crippen LogP contribution in [0.3, 0.4) is 0 Å². The minimum absolute atomic E-state index is 0.130. The molecule has 0 unspecified atom stereocenters. The second kappa shape index (κ2) is 22.0. The molecule has 1 aliphatic heterocycles. The van der Waals surface area contributed by atoms with E-state index < -0.39 is 5.97 Å². The number of ether oxygens (including phenoxy) is 1. The summed E-state index contributed by atoms with van der Waals surface area (Å²) in [5.41, 5.74) is 9.35. The fourth-order valence-corrected chi connectivity index (χ4v) is 8.42. The van der Waals surface area contributed by atoms with Gasteiger partial charge >= 0.3 is 5.97 Å². The predicted molar refractivity (Wildman–Crippen MR) is 264 cm³/mol. The zero-order valence-corrected chi connectivity index (χ0v) is 39.5. The number of thiazole rings is 2. The summed E-state index contributed by atoms with van der Waals surface area (Å²) in [4.78, 5) is 59.2. The average molecular weight is 1010 g/mol. The summed E-state index contributed by atoms with van der Waals surface area (Å²) in [5.74, 6) is -0.746. The largest absolute Gasteiger partial charge is 0.461 e. The van der Waals surface area contributed by atoms with Crippen molar-refractivity contribution in [3.05, 3.63) is 151 Å². The summed E-state index contributed by atoms with van der Waals surface area (Å²) in [6, 6.07) is 26.7. The number of aryl methyl sites for hydroxylation is 2. The lowest BCUT2D eigenvalue weighted by Crippen LogP contribution is -2.43. The van der Waals surface area contributed by atoms with Crippen molar-refractivity contribution in [2.75, 3.05) is 61.1 Å². The summed E-state index contributed by atoms with van der Waals surface area (Å²) in [6.45, 7) is 11.3. The molecule has 1 aliphatic rings. The molecule has 0 aliphatic carbocycles. The van der Waals surface area contributed by atoms with Gasteiger partial charge in [0.1, 0.15) is 11.4 Å². The van der Waals surface area contributed by atoms with Gasteiger partial charge in [-0.2, -0.15) is 0 Å². The Bertz CT molecular complexity index is 2700. The number of carbonyl (C=O) groups excluding carboxylic acids is 3. The number of rotatable bonds is 13. The molecule has 7 aromatic rings. The molecule has 4 aromatic carbocycles. The molecule has 14 nitrogen and oxygen atoms in total. The number of piperazine rings is 1. The molecule has 0 radical (unpaired) electrons. The number of nitrogens with one attached hydrogen (secondary N) is 4. The van der Waals surface area contributed by atoms with Gasteiger partial charge in [-0.1, -0.05) is 30.3 Å². The van der Waals surface area contributed by atoms with Crippen molar-refractivity contribution in [1.29, 1.82) is 0 Å². The number of amides is 2. The normalized spacial score (nSPS) is 12.7. The van der Waals surface area contributed by atoms with Crippen molar-refractivity contribution in [2.45, 2.75) is 27.3 Å². The van der Waals surface area contributed by atoms with E-state index in [9.17, 15) is 14.4 Å². The van der Waals surface area contributed by atoms with E-state index in [4.69, 9.17) is 4.74 Å². The molecule has 3 aromatic heterocycles. The number of anilines is 6. The molecule has 4 N–H and O–H groups in total. The molecule has 1 fully saturated rings. The minimum atomic E-state index is -0.443. The van der Waals surface area contributed by atoms with Crippen molar-refractivity contribution >= 4 is 96.1 Å². The van der Waals surface area contributed by atoms with Crippen LogP contribution in [0.5, 0.6) is 0 Å². The Labute approximate surface area is 393 Å². The number of aromatic nitrogens is 4. The Morgan fingerprint density at radius 1 is 0.734 bits per heavy atom. The van der Waals surface area contributed by atoms with E-state index in [-0.39, 0.29) is 17.5 Å². The van der Waals surface area contributed by atoms with Gasteiger partial charge in [0.2, 0.25) is 0 Å². The second-order valence-corrected chi connectivity index (χ2v) is 17.9. The molecule has 0 saturated carbocycles. The van der Waals surface area contributed by atoms with Crippen LogP contribution in [0, 0.1) is 17.4 Å². The van der Waals surface area contributed by atoms with Gasteiger partial charge in [-0.3, -0.25) is 24.5 Å². The van der Waals surface area contributed by atoms with Gasteiger partial charge in [-0.05, 0) is 122 Å². The third kappa shape index (κ3) is 12.8. The Morgan fingerprint density at radius 3 is 2.00 bits per heavy atom. The van der Waals surface area contributed by atoms with Crippen molar-refractivity contribution in [3.8, 4) is 11.4 Å². The van der Waals surface area contributed by atoms with Crippen LogP contribution in [0.25, 0.3) is 11.4 Å². The number of halogens is 1. The lowest BCUT2D eigenvalue weighted by atomic mass is 10.1. The van der Waals surface area contributed by atoms with E-state index in [1.807, 2.05) is 98.1 Å². The smallest absolute Gasteiger partial charge is 0.357 e. The van der Waals surface area contributed by atoms with Crippen LogP contribution >= 0.6 is 45.3 Å². The third-order valence-electron chi connectivity index (χ3n) is 10.1. The molecule has 328 valence electrons. The second-order valence-electron chi connectivity index (χ2n) is 14.9. The molecule has 0 atom stereocenters. The molecule has 4 heterocycles. The molecular formula is C47H47IN10O4S2. The highest BCUT2D eigenvalue weighted by Gasteiger charge is 2.16. The number of likely N-dealkylation sites (N-methyl/N-ethyl adjacent to an activating group) is 1. The molecule has 2 amide bonds. The SMILES string of the molecule is CCOC(=O)c1csc(Nc2cc(NC(=O)c3cccc(I)c3)ccc2C)n1.Cc1ccc(NC(=O)c2ccc(CN3CCN(C)CC3)cc2)cc1Nc1nc(-c2cnccn2)cs1.